The van der Waals surface area contributed by atoms with Gasteiger partial charge in [-0.2, -0.15) is 0 Å². The fraction of sp³-hybridized carbons (Fsp3) is 0.600. The minimum Gasteiger partial charge on any atom is -0.380 e. The molecule has 3 nitrogen and oxygen atoms in total. The van der Waals surface area contributed by atoms with Gasteiger partial charge in [-0.05, 0) is 19.4 Å². The Bertz CT molecular complexity index is 342. The van der Waals surface area contributed by atoms with E-state index < -0.39 is 0 Å². The molecule has 100 valence electrons. The van der Waals surface area contributed by atoms with Crippen molar-refractivity contribution in [3.8, 4) is 0 Å². The van der Waals surface area contributed by atoms with Crippen molar-refractivity contribution in [2.45, 2.75) is 25.9 Å². The van der Waals surface area contributed by atoms with E-state index in [0.717, 1.165) is 32.8 Å². The zero-order valence-corrected chi connectivity index (χ0v) is 11.4. The lowest BCUT2D eigenvalue weighted by Gasteiger charge is -2.37. The predicted octanol–water partition coefficient (Wildman–Crippen LogP) is 2.06. The number of hydrogen-bond donors (Lipinski definition) is 1. The molecule has 1 aromatic rings. The zero-order valence-electron chi connectivity index (χ0n) is 11.4. The first-order valence-electron chi connectivity index (χ1n) is 6.91. The highest BCUT2D eigenvalue weighted by molar-refractivity contribution is 5.19. The summed E-state index contributed by atoms with van der Waals surface area (Å²) < 4.78 is 5.53. The van der Waals surface area contributed by atoms with Gasteiger partial charge in [-0.3, -0.25) is 4.90 Å². The summed E-state index contributed by atoms with van der Waals surface area (Å²) in [6.45, 7) is 9.17. The summed E-state index contributed by atoms with van der Waals surface area (Å²) in [6, 6.07) is 11.6. The number of hydrogen-bond acceptors (Lipinski definition) is 3. The second-order valence-electron chi connectivity index (χ2n) is 4.92. The minimum absolute atomic E-state index is 0.448. The van der Waals surface area contributed by atoms with E-state index in [2.05, 4.69) is 54.4 Å². The molecule has 1 aliphatic rings. The molecule has 3 heteroatoms. The Hall–Kier alpha value is -0.900. The largest absolute Gasteiger partial charge is 0.380 e. The molecule has 0 amide bonds. The van der Waals surface area contributed by atoms with Gasteiger partial charge in [-0.1, -0.05) is 30.3 Å². The number of nitrogens with zero attached hydrogens (tertiary/aromatic N) is 1. The molecule has 1 N–H and O–H groups in total. The van der Waals surface area contributed by atoms with Crippen molar-refractivity contribution in [1.82, 2.24) is 10.2 Å². The molecule has 18 heavy (non-hydrogen) atoms. The topological polar surface area (TPSA) is 24.5 Å². The van der Waals surface area contributed by atoms with Crippen molar-refractivity contribution in [3.63, 3.8) is 0 Å². The van der Waals surface area contributed by atoms with Crippen molar-refractivity contribution >= 4 is 0 Å². The van der Waals surface area contributed by atoms with Crippen LogP contribution in [-0.4, -0.2) is 43.8 Å². The molecule has 0 saturated carbocycles. The van der Waals surface area contributed by atoms with Gasteiger partial charge in [0.1, 0.15) is 0 Å². The highest BCUT2D eigenvalue weighted by Crippen LogP contribution is 2.18. The van der Waals surface area contributed by atoms with Gasteiger partial charge in [0, 0.05) is 38.3 Å². The first-order chi connectivity index (χ1) is 8.81. The fourth-order valence-corrected chi connectivity index (χ4v) is 2.48. The predicted molar refractivity (Wildman–Crippen MR) is 74.7 cm³/mol. The maximum atomic E-state index is 5.53. The lowest BCUT2D eigenvalue weighted by atomic mass is 10.0. The van der Waals surface area contributed by atoms with E-state index in [1.165, 1.54) is 5.56 Å². The zero-order chi connectivity index (χ0) is 12.8. The maximum absolute atomic E-state index is 5.53. The van der Waals surface area contributed by atoms with Gasteiger partial charge in [-0.15, -0.1) is 0 Å². The van der Waals surface area contributed by atoms with Crippen LogP contribution in [0.2, 0.25) is 0 Å². The summed E-state index contributed by atoms with van der Waals surface area (Å²) in [5, 5.41) is 3.59. The van der Waals surface area contributed by atoms with Gasteiger partial charge in [0.2, 0.25) is 0 Å². The highest BCUT2D eigenvalue weighted by atomic mass is 16.5. The van der Waals surface area contributed by atoms with Gasteiger partial charge in [0.15, 0.2) is 0 Å². The van der Waals surface area contributed by atoms with Crippen molar-refractivity contribution in [2.75, 3.05) is 32.8 Å². The summed E-state index contributed by atoms with van der Waals surface area (Å²) in [5.74, 6) is 0. The van der Waals surface area contributed by atoms with E-state index in [4.69, 9.17) is 4.74 Å². The van der Waals surface area contributed by atoms with Crippen LogP contribution in [0.5, 0.6) is 0 Å². The van der Waals surface area contributed by atoms with Gasteiger partial charge in [-0.25, -0.2) is 0 Å². The van der Waals surface area contributed by atoms with Crippen LogP contribution in [0.1, 0.15) is 25.5 Å². The third-order valence-corrected chi connectivity index (χ3v) is 3.60. The fourth-order valence-electron chi connectivity index (χ4n) is 2.48. The van der Waals surface area contributed by atoms with Crippen LogP contribution in [0.15, 0.2) is 30.3 Å². The molecule has 1 saturated heterocycles. The van der Waals surface area contributed by atoms with Crippen LogP contribution in [0.25, 0.3) is 0 Å². The van der Waals surface area contributed by atoms with Crippen LogP contribution in [-0.2, 0) is 4.74 Å². The Morgan fingerprint density at radius 3 is 2.89 bits per heavy atom. The number of piperazine rings is 1. The van der Waals surface area contributed by atoms with Crippen LogP contribution >= 0.6 is 0 Å². The minimum atomic E-state index is 0.448. The molecule has 2 unspecified atom stereocenters. The average Bonchev–Trinajstić information content (AvgIpc) is 2.46. The molecule has 1 heterocycles. The first-order valence-corrected chi connectivity index (χ1v) is 6.91. The standard InChI is InChI=1S/C15H24N2O/c1-3-18-12-13(2)17-10-9-16-15(11-17)14-7-5-4-6-8-14/h4-8,13,15-16H,3,9-12H2,1-2H3. The van der Waals surface area contributed by atoms with E-state index in [1.807, 2.05) is 0 Å². The molecular weight excluding hydrogens is 224 g/mol. The highest BCUT2D eigenvalue weighted by Gasteiger charge is 2.23. The Morgan fingerprint density at radius 2 is 2.17 bits per heavy atom. The molecule has 1 fully saturated rings. The monoisotopic (exact) mass is 248 g/mol. The molecule has 0 aliphatic carbocycles. The van der Waals surface area contributed by atoms with Gasteiger partial charge in [0.05, 0.1) is 6.61 Å². The molecule has 0 spiro atoms. The molecule has 1 aromatic carbocycles. The normalized spacial score (nSPS) is 22.9. The van der Waals surface area contributed by atoms with Gasteiger partial charge in [0.25, 0.3) is 0 Å². The molecule has 0 radical (unpaired) electrons. The van der Waals surface area contributed by atoms with Crippen LogP contribution in [0.3, 0.4) is 0 Å². The Kier molecular flexibility index (Phi) is 5.17. The summed E-state index contributed by atoms with van der Waals surface area (Å²) in [7, 11) is 0. The van der Waals surface area contributed by atoms with E-state index in [9.17, 15) is 0 Å². The van der Waals surface area contributed by atoms with Crippen molar-refractivity contribution in [3.05, 3.63) is 35.9 Å². The molecule has 2 atom stereocenters. The third kappa shape index (κ3) is 3.55. The lowest BCUT2D eigenvalue weighted by Crippen LogP contribution is -2.50. The van der Waals surface area contributed by atoms with E-state index >= 15 is 0 Å². The third-order valence-electron chi connectivity index (χ3n) is 3.60. The molecule has 1 aliphatic heterocycles. The van der Waals surface area contributed by atoms with E-state index in [0.29, 0.717) is 12.1 Å². The number of rotatable bonds is 5. The average molecular weight is 248 g/mol. The SMILES string of the molecule is CCOCC(C)N1CCNC(c2ccccc2)C1. The second-order valence-corrected chi connectivity index (χ2v) is 4.92. The molecular formula is C15H24N2O. The number of nitrogens with one attached hydrogen (secondary N) is 1. The molecule has 2 rings (SSSR count). The van der Waals surface area contributed by atoms with Crippen LogP contribution in [0, 0.1) is 0 Å². The number of ether oxygens (including phenoxy) is 1. The smallest absolute Gasteiger partial charge is 0.0619 e. The Morgan fingerprint density at radius 1 is 1.39 bits per heavy atom. The molecule has 0 aromatic heterocycles. The van der Waals surface area contributed by atoms with Gasteiger partial charge < -0.3 is 10.1 Å². The quantitative estimate of drug-likeness (QED) is 0.863. The van der Waals surface area contributed by atoms with Gasteiger partial charge >= 0.3 is 0 Å². The van der Waals surface area contributed by atoms with Crippen LogP contribution < -0.4 is 5.32 Å². The number of benzene rings is 1. The van der Waals surface area contributed by atoms with E-state index in [1.54, 1.807) is 0 Å². The first kappa shape index (κ1) is 13.5. The Balaban J connectivity index is 1.92. The van der Waals surface area contributed by atoms with Crippen molar-refractivity contribution in [1.29, 1.82) is 0 Å². The molecule has 0 bridgehead atoms. The second kappa shape index (κ2) is 6.88. The van der Waals surface area contributed by atoms with Crippen LogP contribution in [0.4, 0.5) is 0 Å². The van der Waals surface area contributed by atoms with Crippen molar-refractivity contribution < 1.29 is 4.74 Å². The summed E-state index contributed by atoms with van der Waals surface area (Å²) in [5.41, 5.74) is 1.38. The Labute approximate surface area is 110 Å². The summed E-state index contributed by atoms with van der Waals surface area (Å²) in [4.78, 5) is 2.52. The van der Waals surface area contributed by atoms with Crippen molar-refractivity contribution in [2.24, 2.45) is 0 Å². The maximum Gasteiger partial charge on any atom is 0.0619 e. The lowest BCUT2D eigenvalue weighted by molar-refractivity contribution is 0.0582. The summed E-state index contributed by atoms with van der Waals surface area (Å²) >= 11 is 0. The van der Waals surface area contributed by atoms with E-state index in [-0.39, 0.29) is 0 Å². The summed E-state index contributed by atoms with van der Waals surface area (Å²) in [6.07, 6.45) is 0.